The number of hydrogen-bond donors (Lipinski definition) is 1. The topological polar surface area (TPSA) is 29.1 Å². The molecule has 82 valence electrons. The summed E-state index contributed by atoms with van der Waals surface area (Å²) in [5.41, 5.74) is -1.04. The van der Waals surface area contributed by atoms with Crippen LogP contribution in [-0.2, 0) is 17.5 Å². The van der Waals surface area contributed by atoms with E-state index in [4.69, 9.17) is 0 Å². The number of alkyl halides is 3. The summed E-state index contributed by atoms with van der Waals surface area (Å²) in [4.78, 5) is 9.90. The van der Waals surface area contributed by atoms with Gasteiger partial charge in [0.05, 0.1) is 5.56 Å². The second-order valence-corrected chi connectivity index (χ2v) is 2.81. The van der Waals surface area contributed by atoms with Gasteiger partial charge < -0.3 is 5.32 Å². The maximum Gasteiger partial charge on any atom is 0.419 e. The predicted molar refractivity (Wildman–Crippen MR) is 44.3 cm³/mol. The Morgan fingerprint density at radius 3 is 2.47 bits per heavy atom. The number of nitrogens with one attached hydrogen (secondary N) is 1. The van der Waals surface area contributed by atoms with Gasteiger partial charge in [-0.2, -0.15) is 13.2 Å². The fourth-order valence-electron chi connectivity index (χ4n) is 1.06. The van der Waals surface area contributed by atoms with Crippen molar-refractivity contribution in [3.63, 3.8) is 0 Å². The summed E-state index contributed by atoms with van der Waals surface area (Å²) < 4.78 is 49.3. The summed E-state index contributed by atoms with van der Waals surface area (Å²) in [5.74, 6) is -1.34. The summed E-state index contributed by atoms with van der Waals surface area (Å²) in [5, 5.41) is 2.22. The summed E-state index contributed by atoms with van der Waals surface area (Å²) in [6.45, 7) is -0.00143. The van der Waals surface area contributed by atoms with Crippen molar-refractivity contribution < 1.29 is 22.4 Å². The van der Waals surface area contributed by atoms with E-state index in [2.05, 4.69) is 5.32 Å². The molecule has 2 nitrogen and oxygen atoms in total. The van der Waals surface area contributed by atoms with Crippen molar-refractivity contribution in [1.82, 2.24) is 5.32 Å². The third kappa shape index (κ3) is 2.93. The van der Waals surface area contributed by atoms with Crippen LogP contribution in [0.15, 0.2) is 18.2 Å². The highest BCUT2D eigenvalue weighted by molar-refractivity contribution is 5.46. The molecule has 1 N–H and O–H groups in total. The van der Waals surface area contributed by atoms with Crippen LogP contribution in [0.3, 0.4) is 0 Å². The lowest BCUT2D eigenvalue weighted by Gasteiger charge is -2.08. The van der Waals surface area contributed by atoms with Crippen LogP contribution in [0.2, 0.25) is 0 Å². The average molecular weight is 221 g/mol. The summed E-state index contributed by atoms with van der Waals surface area (Å²) >= 11 is 0. The molecule has 1 aromatic carbocycles. The molecule has 0 bridgehead atoms. The van der Waals surface area contributed by atoms with Gasteiger partial charge in [-0.05, 0) is 17.7 Å². The lowest BCUT2D eigenvalue weighted by Crippen LogP contribution is -2.12. The Labute approximate surface area is 82.9 Å². The van der Waals surface area contributed by atoms with Gasteiger partial charge in [0.25, 0.3) is 0 Å². The van der Waals surface area contributed by atoms with E-state index in [0.29, 0.717) is 12.5 Å². The minimum absolute atomic E-state index is 0.00143. The molecule has 1 amide bonds. The molecule has 0 unspecified atom stereocenters. The molecule has 0 fully saturated rings. The van der Waals surface area contributed by atoms with Gasteiger partial charge in [0.2, 0.25) is 6.41 Å². The SMILES string of the molecule is O=CNCc1ccc(C(F)(F)F)c(F)c1. The number of hydrogen-bond acceptors (Lipinski definition) is 1. The smallest absolute Gasteiger partial charge is 0.355 e. The van der Waals surface area contributed by atoms with Gasteiger partial charge in [-0.25, -0.2) is 4.39 Å². The van der Waals surface area contributed by atoms with Crippen LogP contribution in [0.25, 0.3) is 0 Å². The van der Waals surface area contributed by atoms with E-state index in [1.54, 1.807) is 0 Å². The van der Waals surface area contributed by atoms with E-state index in [0.717, 1.165) is 12.1 Å². The van der Waals surface area contributed by atoms with Gasteiger partial charge >= 0.3 is 6.18 Å². The molecule has 0 aliphatic rings. The zero-order chi connectivity index (χ0) is 11.5. The first-order chi connectivity index (χ1) is 6.95. The molecule has 0 heterocycles. The first-order valence-corrected chi connectivity index (χ1v) is 3.98. The minimum atomic E-state index is -4.69. The van der Waals surface area contributed by atoms with Crippen molar-refractivity contribution in [2.24, 2.45) is 0 Å². The van der Waals surface area contributed by atoms with Crippen molar-refractivity contribution in [3.05, 3.63) is 35.1 Å². The van der Waals surface area contributed by atoms with Gasteiger partial charge in [-0.15, -0.1) is 0 Å². The zero-order valence-corrected chi connectivity index (χ0v) is 7.44. The molecule has 0 aromatic heterocycles. The Hall–Kier alpha value is -1.59. The molecule has 0 spiro atoms. The summed E-state index contributed by atoms with van der Waals surface area (Å²) in [7, 11) is 0. The van der Waals surface area contributed by atoms with Crippen LogP contribution in [-0.4, -0.2) is 6.41 Å². The Balaban J connectivity index is 2.93. The van der Waals surface area contributed by atoms with Crippen LogP contribution in [0.4, 0.5) is 17.6 Å². The minimum Gasteiger partial charge on any atom is -0.355 e. The number of rotatable bonds is 3. The molecule has 1 aromatic rings. The molecule has 0 aliphatic carbocycles. The quantitative estimate of drug-likeness (QED) is 0.614. The van der Waals surface area contributed by atoms with Crippen LogP contribution in [0, 0.1) is 5.82 Å². The van der Waals surface area contributed by atoms with Crippen LogP contribution in [0.1, 0.15) is 11.1 Å². The van der Waals surface area contributed by atoms with Crippen LogP contribution < -0.4 is 5.32 Å². The number of carbonyl (C=O) groups excluding carboxylic acids is 1. The third-order valence-corrected chi connectivity index (χ3v) is 1.73. The van der Waals surface area contributed by atoms with Gasteiger partial charge in [0, 0.05) is 6.54 Å². The highest BCUT2D eigenvalue weighted by Crippen LogP contribution is 2.31. The molecule has 0 saturated heterocycles. The largest absolute Gasteiger partial charge is 0.419 e. The van der Waals surface area contributed by atoms with Crippen molar-refractivity contribution in [1.29, 1.82) is 0 Å². The van der Waals surface area contributed by atoms with Gasteiger partial charge in [-0.1, -0.05) is 6.07 Å². The fraction of sp³-hybridized carbons (Fsp3) is 0.222. The Kier molecular flexibility index (Phi) is 3.28. The molecule has 0 saturated carbocycles. The zero-order valence-electron chi connectivity index (χ0n) is 7.44. The lowest BCUT2D eigenvalue weighted by atomic mass is 10.1. The molecule has 0 atom stereocenters. The second-order valence-electron chi connectivity index (χ2n) is 2.81. The van der Waals surface area contributed by atoms with E-state index in [9.17, 15) is 22.4 Å². The molecule has 15 heavy (non-hydrogen) atoms. The van der Waals surface area contributed by atoms with Crippen molar-refractivity contribution in [3.8, 4) is 0 Å². The number of amides is 1. The van der Waals surface area contributed by atoms with E-state index in [1.807, 2.05) is 0 Å². The van der Waals surface area contributed by atoms with Gasteiger partial charge in [0.1, 0.15) is 5.82 Å². The summed E-state index contributed by atoms with van der Waals surface area (Å²) in [6.07, 6.45) is -4.31. The Morgan fingerprint density at radius 1 is 1.33 bits per heavy atom. The predicted octanol–water partition coefficient (Wildman–Crippen LogP) is 2.09. The standard InChI is InChI=1S/C9H7F4NO/c10-8-3-6(4-14-5-15)1-2-7(8)9(11,12)13/h1-3,5H,4H2,(H,14,15). The number of carbonyl (C=O) groups is 1. The number of halogens is 4. The highest BCUT2D eigenvalue weighted by Gasteiger charge is 2.33. The monoisotopic (exact) mass is 221 g/mol. The van der Waals surface area contributed by atoms with E-state index >= 15 is 0 Å². The first kappa shape index (κ1) is 11.5. The van der Waals surface area contributed by atoms with Crippen LogP contribution in [0.5, 0.6) is 0 Å². The molecule has 0 radical (unpaired) electrons. The normalized spacial score (nSPS) is 11.2. The average Bonchev–Trinajstić information content (AvgIpc) is 2.12. The maximum atomic E-state index is 12.9. The molecular formula is C9H7F4NO. The third-order valence-electron chi connectivity index (χ3n) is 1.73. The van der Waals surface area contributed by atoms with Crippen LogP contribution >= 0.6 is 0 Å². The Morgan fingerprint density at radius 2 is 2.00 bits per heavy atom. The maximum absolute atomic E-state index is 12.9. The van der Waals surface area contributed by atoms with E-state index in [1.165, 1.54) is 0 Å². The molecule has 1 rings (SSSR count). The van der Waals surface area contributed by atoms with E-state index in [-0.39, 0.29) is 12.1 Å². The van der Waals surface area contributed by atoms with Crippen molar-refractivity contribution >= 4 is 6.41 Å². The lowest BCUT2D eigenvalue weighted by molar-refractivity contribution is -0.140. The van der Waals surface area contributed by atoms with Gasteiger partial charge in [-0.3, -0.25) is 4.79 Å². The van der Waals surface area contributed by atoms with Crippen molar-refractivity contribution in [2.45, 2.75) is 12.7 Å². The van der Waals surface area contributed by atoms with E-state index < -0.39 is 17.6 Å². The highest BCUT2D eigenvalue weighted by atomic mass is 19.4. The summed E-state index contributed by atoms with van der Waals surface area (Å²) in [6, 6.07) is 2.51. The molecular weight excluding hydrogens is 214 g/mol. The van der Waals surface area contributed by atoms with Gasteiger partial charge in [0.15, 0.2) is 0 Å². The van der Waals surface area contributed by atoms with Crippen molar-refractivity contribution in [2.75, 3.05) is 0 Å². The Bertz CT molecular complexity index is 362. The second kappa shape index (κ2) is 4.29. The molecule has 6 heteroatoms. The molecule has 0 aliphatic heterocycles. The fourth-order valence-corrected chi connectivity index (χ4v) is 1.06. The number of benzene rings is 1. The first-order valence-electron chi connectivity index (χ1n) is 3.98.